The van der Waals surface area contributed by atoms with Crippen molar-refractivity contribution in [3.8, 4) is 5.75 Å². The number of para-hydroxylation sites is 2. The minimum atomic E-state index is -2.30. The van der Waals surface area contributed by atoms with E-state index in [4.69, 9.17) is 4.74 Å². The van der Waals surface area contributed by atoms with Gasteiger partial charge in [0.15, 0.2) is 0 Å². The van der Waals surface area contributed by atoms with Crippen LogP contribution in [0, 0.1) is 0 Å². The lowest BCUT2D eigenvalue weighted by molar-refractivity contribution is -0.150. The molecule has 96 valence electrons. The van der Waals surface area contributed by atoms with Crippen LogP contribution in [-0.2, 0) is 14.3 Å². The summed E-state index contributed by atoms with van der Waals surface area (Å²) in [5.41, 5.74) is 0.459. The van der Waals surface area contributed by atoms with Crippen molar-refractivity contribution in [2.45, 2.75) is 6.17 Å². The minimum Gasteiger partial charge on any atom is -0.490 e. The molecule has 0 bridgehead atoms. The highest BCUT2D eigenvalue weighted by Crippen LogP contribution is 2.31. The van der Waals surface area contributed by atoms with Crippen molar-refractivity contribution in [2.24, 2.45) is 0 Å². The maximum atomic E-state index is 13.6. The first-order valence-electron chi connectivity index (χ1n) is 5.40. The fourth-order valence-corrected chi connectivity index (χ4v) is 1.74. The molecule has 0 aromatic heterocycles. The Hall–Kier alpha value is -2.11. The number of alkyl halides is 1. The second-order valence-corrected chi connectivity index (χ2v) is 3.69. The van der Waals surface area contributed by atoms with Crippen molar-refractivity contribution in [3.63, 3.8) is 0 Å². The summed E-state index contributed by atoms with van der Waals surface area (Å²) >= 11 is 0. The van der Waals surface area contributed by atoms with Gasteiger partial charge in [0, 0.05) is 0 Å². The predicted octanol–water partition coefficient (Wildman–Crippen LogP) is 0.923. The number of carbonyl (C=O) groups excluding carboxylic acids is 2. The van der Waals surface area contributed by atoms with Crippen LogP contribution in [-0.4, -0.2) is 38.3 Å². The highest BCUT2D eigenvalue weighted by Gasteiger charge is 2.34. The Bertz CT molecular complexity index is 477. The molecule has 2 rings (SSSR count). The molecule has 1 heterocycles. The Balaban J connectivity index is 2.25. The van der Waals surface area contributed by atoms with Crippen molar-refractivity contribution < 1.29 is 23.5 Å². The van der Waals surface area contributed by atoms with Crippen LogP contribution in [0.3, 0.4) is 0 Å². The molecule has 0 N–H and O–H groups in total. The van der Waals surface area contributed by atoms with Crippen LogP contribution < -0.4 is 9.64 Å². The number of halogens is 1. The Morgan fingerprint density at radius 3 is 2.89 bits per heavy atom. The van der Waals surface area contributed by atoms with Gasteiger partial charge in [0.1, 0.15) is 12.4 Å². The summed E-state index contributed by atoms with van der Waals surface area (Å²) in [7, 11) is 1.04. The molecule has 1 aromatic carbocycles. The lowest BCUT2D eigenvalue weighted by atomic mass is 10.2. The van der Waals surface area contributed by atoms with Gasteiger partial charge in [0.25, 0.3) is 12.1 Å². The fourth-order valence-electron chi connectivity index (χ4n) is 1.74. The number of ether oxygens (including phenoxy) is 2. The number of rotatable bonds is 2. The van der Waals surface area contributed by atoms with Gasteiger partial charge in [-0.1, -0.05) is 12.1 Å². The van der Waals surface area contributed by atoms with Gasteiger partial charge in [-0.05, 0) is 12.1 Å². The van der Waals surface area contributed by atoms with Gasteiger partial charge >= 0.3 is 5.97 Å². The first kappa shape index (κ1) is 12.3. The summed E-state index contributed by atoms with van der Waals surface area (Å²) in [6, 6.07) is 6.77. The average Bonchev–Trinajstić information content (AvgIpc) is 2.44. The number of fused-ring (bicyclic) bond motifs is 1. The van der Waals surface area contributed by atoms with E-state index in [-0.39, 0.29) is 13.2 Å². The molecule has 0 saturated heterocycles. The van der Waals surface area contributed by atoms with Crippen LogP contribution in [0.2, 0.25) is 0 Å². The number of anilines is 1. The number of nitrogens with zero attached hydrogens (tertiary/aromatic N) is 1. The smallest absolute Gasteiger partial charge is 0.350 e. The SMILES string of the molecule is COC(=O)C(F)C(=O)N1CCOc2ccccc21. The second kappa shape index (κ2) is 5.03. The van der Waals surface area contributed by atoms with E-state index in [2.05, 4.69) is 4.74 Å². The van der Waals surface area contributed by atoms with Gasteiger partial charge in [-0.2, -0.15) is 0 Å². The number of esters is 1. The van der Waals surface area contributed by atoms with Gasteiger partial charge < -0.3 is 14.4 Å². The molecule has 0 aliphatic carbocycles. The lowest BCUT2D eigenvalue weighted by Gasteiger charge is -2.29. The van der Waals surface area contributed by atoms with Crippen molar-refractivity contribution in [1.29, 1.82) is 0 Å². The molecule has 0 spiro atoms. The third-order valence-corrected chi connectivity index (χ3v) is 2.62. The summed E-state index contributed by atoms with van der Waals surface area (Å²) in [6.07, 6.45) is -2.30. The van der Waals surface area contributed by atoms with E-state index in [9.17, 15) is 14.0 Å². The molecule has 1 aliphatic rings. The zero-order valence-corrected chi connectivity index (χ0v) is 9.76. The van der Waals surface area contributed by atoms with Gasteiger partial charge in [-0.25, -0.2) is 9.18 Å². The Kier molecular flexibility index (Phi) is 3.45. The standard InChI is InChI=1S/C12H12FNO4/c1-17-12(16)10(13)11(15)14-6-7-18-9-5-3-2-4-8(9)14/h2-5,10H,6-7H2,1H3. The van der Waals surface area contributed by atoms with E-state index in [1.54, 1.807) is 24.3 Å². The van der Waals surface area contributed by atoms with Crippen molar-refractivity contribution in [2.75, 3.05) is 25.2 Å². The quantitative estimate of drug-likeness (QED) is 0.581. The molecule has 1 atom stereocenters. The molecule has 18 heavy (non-hydrogen) atoms. The highest BCUT2D eigenvalue weighted by molar-refractivity contribution is 6.09. The van der Waals surface area contributed by atoms with Crippen molar-refractivity contribution in [1.82, 2.24) is 0 Å². The first-order chi connectivity index (χ1) is 8.65. The molecule has 1 aromatic rings. The zero-order valence-electron chi connectivity index (χ0n) is 9.76. The molecular weight excluding hydrogens is 241 g/mol. The third kappa shape index (κ3) is 2.13. The molecular formula is C12H12FNO4. The summed E-state index contributed by atoms with van der Waals surface area (Å²) < 4.78 is 23.1. The van der Waals surface area contributed by atoms with E-state index in [0.717, 1.165) is 7.11 Å². The Morgan fingerprint density at radius 2 is 2.17 bits per heavy atom. The molecule has 0 fully saturated rings. The molecule has 1 amide bonds. The van der Waals surface area contributed by atoms with Gasteiger partial charge in [-0.3, -0.25) is 4.79 Å². The largest absolute Gasteiger partial charge is 0.490 e. The molecule has 1 aliphatic heterocycles. The predicted molar refractivity (Wildman–Crippen MR) is 61.2 cm³/mol. The summed E-state index contributed by atoms with van der Waals surface area (Å²) in [5, 5.41) is 0. The van der Waals surface area contributed by atoms with Crippen LogP contribution in [0.4, 0.5) is 10.1 Å². The van der Waals surface area contributed by atoms with Crippen molar-refractivity contribution >= 4 is 17.6 Å². The Morgan fingerprint density at radius 1 is 1.44 bits per heavy atom. The van der Waals surface area contributed by atoms with E-state index >= 15 is 0 Å². The fraction of sp³-hybridized carbons (Fsp3) is 0.333. The summed E-state index contributed by atoms with van der Waals surface area (Å²) in [5.74, 6) is -1.63. The normalized spacial score (nSPS) is 15.3. The van der Waals surface area contributed by atoms with E-state index < -0.39 is 18.0 Å². The molecule has 0 radical (unpaired) electrons. The number of hydrogen-bond acceptors (Lipinski definition) is 4. The van der Waals surface area contributed by atoms with Crippen molar-refractivity contribution in [3.05, 3.63) is 24.3 Å². The molecule has 1 unspecified atom stereocenters. The van der Waals surface area contributed by atoms with Crippen LogP contribution in [0.1, 0.15) is 0 Å². The zero-order chi connectivity index (χ0) is 13.1. The van der Waals surface area contributed by atoms with E-state index in [1.807, 2.05) is 0 Å². The average molecular weight is 253 g/mol. The highest BCUT2D eigenvalue weighted by atomic mass is 19.1. The number of methoxy groups -OCH3 is 1. The lowest BCUT2D eigenvalue weighted by Crippen LogP contribution is -2.45. The number of amides is 1. The van der Waals surface area contributed by atoms with Crippen LogP contribution in [0.25, 0.3) is 0 Å². The van der Waals surface area contributed by atoms with E-state index in [0.29, 0.717) is 11.4 Å². The minimum absolute atomic E-state index is 0.202. The van der Waals surface area contributed by atoms with Crippen LogP contribution in [0.5, 0.6) is 5.75 Å². The molecule has 6 heteroatoms. The molecule has 5 nitrogen and oxygen atoms in total. The monoisotopic (exact) mass is 253 g/mol. The number of hydrogen-bond donors (Lipinski definition) is 0. The van der Waals surface area contributed by atoms with E-state index in [1.165, 1.54) is 4.90 Å². The van der Waals surface area contributed by atoms with Gasteiger partial charge in [-0.15, -0.1) is 0 Å². The van der Waals surface area contributed by atoms with Crippen LogP contribution in [0.15, 0.2) is 24.3 Å². The number of carbonyl (C=O) groups is 2. The topological polar surface area (TPSA) is 55.8 Å². The van der Waals surface area contributed by atoms with Crippen LogP contribution >= 0.6 is 0 Å². The second-order valence-electron chi connectivity index (χ2n) is 3.69. The third-order valence-electron chi connectivity index (χ3n) is 2.62. The number of benzene rings is 1. The maximum Gasteiger partial charge on any atom is 0.350 e. The van der Waals surface area contributed by atoms with Gasteiger partial charge in [0.05, 0.1) is 19.3 Å². The summed E-state index contributed by atoms with van der Waals surface area (Å²) in [6.45, 7) is 0.462. The summed E-state index contributed by atoms with van der Waals surface area (Å²) in [4.78, 5) is 24.1. The Labute approximate surface area is 103 Å². The first-order valence-corrected chi connectivity index (χ1v) is 5.40. The maximum absolute atomic E-state index is 13.6. The van der Waals surface area contributed by atoms with Gasteiger partial charge in [0.2, 0.25) is 0 Å². The molecule has 0 saturated carbocycles.